The van der Waals surface area contributed by atoms with Crippen molar-refractivity contribution < 1.29 is 4.39 Å². The van der Waals surface area contributed by atoms with Gasteiger partial charge in [0.1, 0.15) is 5.82 Å². The van der Waals surface area contributed by atoms with Crippen LogP contribution in [-0.2, 0) is 0 Å². The molecule has 1 heterocycles. The second-order valence-corrected chi connectivity index (χ2v) is 4.70. The fourth-order valence-corrected chi connectivity index (χ4v) is 1.73. The third-order valence-corrected chi connectivity index (χ3v) is 3.77. The van der Waals surface area contributed by atoms with Crippen LogP contribution in [0, 0.1) is 5.82 Å². The Labute approximate surface area is 104 Å². The Morgan fingerprint density at radius 3 is 2.27 bits per heavy atom. The second-order valence-electron chi connectivity index (χ2n) is 2.99. The number of aromatic nitrogens is 1. The van der Waals surface area contributed by atoms with Crippen LogP contribution in [0.5, 0.6) is 0 Å². The highest BCUT2D eigenvalue weighted by Crippen LogP contribution is 2.26. The quantitative estimate of drug-likeness (QED) is 0.754. The summed E-state index contributed by atoms with van der Waals surface area (Å²) in [5, 5.41) is 0. The van der Waals surface area contributed by atoms with E-state index in [4.69, 9.17) is 0 Å². The first kappa shape index (κ1) is 10.8. The molecule has 2 aromatic rings. The number of benzene rings is 1. The van der Waals surface area contributed by atoms with E-state index in [9.17, 15) is 4.39 Å². The first-order chi connectivity index (χ1) is 7.16. The van der Waals surface area contributed by atoms with E-state index in [0.29, 0.717) is 0 Å². The predicted octanol–water partition coefficient (Wildman–Crippen LogP) is 4.41. The maximum atomic E-state index is 12.7. The molecular weight excluding hydrogens is 325 g/mol. The molecule has 0 aliphatic rings. The average molecular weight is 331 g/mol. The molecule has 0 saturated heterocycles. The minimum atomic E-state index is -0.241. The standard InChI is InChI=1S/C11H6Br2FN/c12-9-5-11(15-6-10(9)13)7-1-3-8(14)4-2-7/h1-6H. The smallest absolute Gasteiger partial charge is 0.123 e. The van der Waals surface area contributed by atoms with Crippen LogP contribution in [-0.4, -0.2) is 4.98 Å². The van der Waals surface area contributed by atoms with E-state index < -0.39 is 0 Å². The molecule has 76 valence electrons. The van der Waals surface area contributed by atoms with Gasteiger partial charge in [-0.05, 0) is 62.2 Å². The summed E-state index contributed by atoms with van der Waals surface area (Å²) in [7, 11) is 0. The van der Waals surface area contributed by atoms with Crippen LogP contribution in [0.15, 0.2) is 45.5 Å². The lowest BCUT2D eigenvalue weighted by Gasteiger charge is -2.02. The van der Waals surface area contributed by atoms with Gasteiger partial charge in [0.05, 0.1) is 10.2 Å². The van der Waals surface area contributed by atoms with Crippen molar-refractivity contribution in [2.75, 3.05) is 0 Å². The Kier molecular flexibility index (Phi) is 3.17. The molecule has 2 rings (SSSR count). The highest BCUT2D eigenvalue weighted by molar-refractivity contribution is 9.13. The zero-order valence-electron chi connectivity index (χ0n) is 7.55. The van der Waals surface area contributed by atoms with Gasteiger partial charge in [-0.15, -0.1) is 0 Å². The monoisotopic (exact) mass is 329 g/mol. The summed E-state index contributed by atoms with van der Waals surface area (Å²) in [6, 6.07) is 8.15. The molecule has 1 aromatic carbocycles. The number of rotatable bonds is 1. The topological polar surface area (TPSA) is 12.9 Å². The first-order valence-electron chi connectivity index (χ1n) is 4.24. The molecule has 0 aliphatic carbocycles. The Balaban J connectivity index is 2.45. The Morgan fingerprint density at radius 1 is 1.00 bits per heavy atom. The summed E-state index contributed by atoms with van der Waals surface area (Å²) in [6.07, 6.45) is 1.71. The molecule has 0 spiro atoms. The van der Waals surface area contributed by atoms with Gasteiger partial charge in [-0.25, -0.2) is 4.39 Å². The van der Waals surface area contributed by atoms with Crippen LogP contribution in [0.4, 0.5) is 4.39 Å². The molecule has 4 heteroatoms. The van der Waals surface area contributed by atoms with Crippen LogP contribution >= 0.6 is 31.9 Å². The van der Waals surface area contributed by atoms with Gasteiger partial charge in [-0.2, -0.15) is 0 Å². The highest BCUT2D eigenvalue weighted by Gasteiger charge is 2.02. The highest BCUT2D eigenvalue weighted by atomic mass is 79.9. The fraction of sp³-hybridized carbons (Fsp3) is 0. The molecule has 1 aromatic heterocycles. The number of halogens is 3. The van der Waals surface area contributed by atoms with E-state index in [1.807, 2.05) is 6.07 Å². The van der Waals surface area contributed by atoms with E-state index >= 15 is 0 Å². The van der Waals surface area contributed by atoms with E-state index in [1.165, 1.54) is 12.1 Å². The number of nitrogens with zero attached hydrogens (tertiary/aromatic N) is 1. The Bertz CT molecular complexity index is 482. The molecule has 0 unspecified atom stereocenters. The van der Waals surface area contributed by atoms with Crippen molar-refractivity contribution in [2.24, 2.45) is 0 Å². The van der Waals surface area contributed by atoms with E-state index in [1.54, 1.807) is 18.3 Å². The van der Waals surface area contributed by atoms with Crippen molar-refractivity contribution >= 4 is 31.9 Å². The van der Waals surface area contributed by atoms with Crippen molar-refractivity contribution in [3.8, 4) is 11.3 Å². The maximum absolute atomic E-state index is 12.7. The third kappa shape index (κ3) is 2.44. The van der Waals surface area contributed by atoms with Gasteiger partial charge < -0.3 is 0 Å². The number of hydrogen-bond acceptors (Lipinski definition) is 1. The molecule has 0 atom stereocenters. The van der Waals surface area contributed by atoms with Gasteiger partial charge >= 0.3 is 0 Å². The van der Waals surface area contributed by atoms with Crippen molar-refractivity contribution in [2.45, 2.75) is 0 Å². The zero-order valence-corrected chi connectivity index (χ0v) is 10.7. The lowest BCUT2D eigenvalue weighted by molar-refractivity contribution is 0.628. The average Bonchev–Trinajstić information content (AvgIpc) is 2.23. The van der Waals surface area contributed by atoms with Crippen molar-refractivity contribution in [1.29, 1.82) is 0 Å². The van der Waals surface area contributed by atoms with E-state index in [-0.39, 0.29) is 5.82 Å². The lowest BCUT2D eigenvalue weighted by Crippen LogP contribution is -1.84. The molecule has 15 heavy (non-hydrogen) atoms. The Hall–Kier alpha value is -0.740. The van der Waals surface area contributed by atoms with Crippen molar-refractivity contribution in [3.63, 3.8) is 0 Å². The zero-order chi connectivity index (χ0) is 10.8. The van der Waals surface area contributed by atoms with Gasteiger partial charge in [0.15, 0.2) is 0 Å². The Morgan fingerprint density at radius 2 is 1.67 bits per heavy atom. The summed E-state index contributed by atoms with van der Waals surface area (Å²) < 4.78 is 14.5. The van der Waals surface area contributed by atoms with Gasteiger partial charge in [0, 0.05) is 16.2 Å². The van der Waals surface area contributed by atoms with Crippen molar-refractivity contribution in [3.05, 3.63) is 51.3 Å². The molecular formula is C11H6Br2FN. The number of pyridine rings is 1. The lowest BCUT2D eigenvalue weighted by atomic mass is 10.1. The molecule has 0 radical (unpaired) electrons. The van der Waals surface area contributed by atoms with Crippen LogP contribution in [0.3, 0.4) is 0 Å². The van der Waals surface area contributed by atoms with Gasteiger partial charge in [-0.3, -0.25) is 4.98 Å². The number of hydrogen-bond donors (Lipinski definition) is 0. The first-order valence-corrected chi connectivity index (χ1v) is 5.82. The summed E-state index contributed by atoms with van der Waals surface area (Å²) in [4.78, 5) is 4.24. The summed E-state index contributed by atoms with van der Waals surface area (Å²) in [5.41, 5.74) is 1.70. The summed E-state index contributed by atoms with van der Waals surface area (Å²) >= 11 is 6.74. The van der Waals surface area contributed by atoms with Gasteiger partial charge in [-0.1, -0.05) is 0 Å². The predicted molar refractivity (Wildman–Crippen MR) is 65.0 cm³/mol. The minimum absolute atomic E-state index is 0.241. The van der Waals surface area contributed by atoms with E-state index in [0.717, 1.165) is 20.2 Å². The van der Waals surface area contributed by atoms with Crippen LogP contribution < -0.4 is 0 Å². The summed E-state index contributed by atoms with van der Waals surface area (Å²) in [6.45, 7) is 0. The molecule has 0 amide bonds. The normalized spacial score (nSPS) is 10.3. The van der Waals surface area contributed by atoms with Crippen LogP contribution in [0.25, 0.3) is 11.3 Å². The third-order valence-electron chi connectivity index (χ3n) is 1.95. The summed E-state index contributed by atoms with van der Waals surface area (Å²) in [5.74, 6) is -0.241. The molecule has 0 fully saturated rings. The fourth-order valence-electron chi connectivity index (χ4n) is 1.19. The molecule has 1 nitrogen and oxygen atoms in total. The molecule has 0 saturated carbocycles. The van der Waals surface area contributed by atoms with Gasteiger partial charge in [0.25, 0.3) is 0 Å². The van der Waals surface area contributed by atoms with Gasteiger partial charge in [0.2, 0.25) is 0 Å². The van der Waals surface area contributed by atoms with E-state index in [2.05, 4.69) is 36.8 Å². The van der Waals surface area contributed by atoms with Crippen LogP contribution in [0.1, 0.15) is 0 Å². The van der Waals surface area contributed by atoms with Crippen LogP contribution in [0.2, 0.25) is 0 Å². The second kappa shape index (κ2) is 4.41. The van der Waals surface area contributed by atoms with Crippen molar-refractivity contribution in [1.82, 2.24) is 4.98 Å². The minimum Gasteiger partial charge on any atom is -0.255 e. The molecule has 0 aliphatic heterocycles. The molecule has 0 N–H and O–H groups in total. The maximum Gasteiger partial charge on any atom is 0.123 e. The molecule has 0 bridgehead atoms. The largest absolute Gasteiger partial charge is 0.255 e. The SMILES string of the molecule is Fc1ccc(-c2cc(Br)c(Br)cn2)cc1.